The Morgan fingerprint density at radius 1 is 1.21 bits per heavy atom. The van der Waals surface area contributed by atoms with Gasteiger partial charge in [-0.15, -0.1) is 0 Å². The highest BCUT2D eigenvalue weighted by Crippen LogP contribution is 2.31. The van der Waals surface area contributed by atoms with Gasteiger partial charge in [0, 0.05) is 24.6 Å². The normalized spacial score (nSPS) is 16.5. The maximum Gasteiger partial charge on any atom is 0.122 e. The molecule has 1 aromatic rings. The molecular weight excluding hydrogens is 174 g/mol. The zero-order chi connectivity index (χ0) is 10.1. The Morgan fingerprint density at radius 2 is 1.86 bits per heavy atom. The van der Waals surface area contributed by atoms with E-state index in [0.29, 0.717) is 5.92 Å². The minimum Gasteiger partial charge on any atom is -0.496 e. The average molecular weight is 191 g/mol. The Hall–Kier alpha value is -1.02. The molecule has 2 heteroatoms. The molecule has 0 aliphatic carbocycles. The topological polar surface area (TPSA) is 21.3 Å². The van der Waals surface area contributed by atoms with Crippen molar-refractivity contribution in [3.8, 4) is 5.75 Å². The van der Waals surface area contributed by atoms with Gasteiger partial charge in [-0.2, -0.15) is 0 Å². The third kappa shape index (κ3) is 1.50. The summed E-state index contributed by atoms with van der Waals surface area (Å²) in [6.07, 6.45) is 0. The molecule has 2 nitrogen and oxygen atoms in total. The highest BCUT2D eigenvalue weighted by molar-refractivity contribution is 5.44. The molecule has 0 bridgehead atoms. The first kappa shape index (κ1) is 9.53. The first-order valence-electron chi connectivity index (χ1n) is 5.08. The summed E-state index contributed by atoms with van der Waals surface area (Å²) in [6, 6.07) is 4.41. The number of ether oxygens (including phenoxy) is 1. The first-order valence-corrected chi connectivity index (χ1v) is 5.08. The van der Waals surface area contributed by atoms with Crippen LogP contribution in [0, 0.1) is 13.8 Å². The molecule has 1 heterocycles. The fraction of sp³-hybridized carbons (Fsp3) is 0.500. The molecule has 0 saturated carbocycles. The Morgan fingerprint density at radius 3 is 2.36 bits per heavy atom. The predicted octanol–water partition coefficient (Wildman–Crippen LogP) is 2.00. The molecule has 1 aliphatic rings. The number of aryl methyl sites for hydroxylation is 2. The van der Waals surface area contributed by atoms with E-state index in [1.165, 1.54) is 16.7 Å². The van der Waals surface area contributed by atoms with Gasteiger partial charge in [0.15, 0.2) is 0 Å². The Labute approximate surface area is 85.3 Å². The molecule has 0 atom stereocenters. The number of nitrogens with one attached hydrogen (secondary N) is 1. The molecule has 0 aromatic heterocycles. The van der Waals surface area contributed by atoms with E-state index >= 15 is 0 Å². The van der Waals surface area contributed by atoms with Crippen molar-refractivity contribution < 1.29 is 4.74 Å². The smallest absolute Gasteiger partial charge is 0.122 e. The Bertz CT molecular complexity index is 342. The standard InChI is InChI=1S/C12H17NO/c1-8-4-11(10-6-13-7-10)12(14-3)5-9(8)2/h4-5,10,13H,6-7H2,1-3H3. The van der Waals surface area contributed by atoms with Crippen LogP contribution < -0.4 is 10.1 Å². The minimum absolute atomic E-state index is 0.643. The van der Waals surface area contributed by atoms with Gasteiger partial charge in [-0.3, -0.25) is 0 Å². The Kier molecular flexibility index (Phi) is 2.46. The summed E-state index contributed by atoms with van der Waals surface area (Å²) in [7, 11) is 1.75. The van der Waals surface area contributed by atoms with Crippen molar-refractivity contribution in [2.45, 2.75) is 19.8 Å². The number of rotatable bonds is 2. The van der Waals surface area contributed by atoms with Gasteiger partial charge < -0.3 is 10.1 Å². The molecule has 76 valence electrons. The number of hydrogen-bond donors (Lipinski definition) is 1. The minimum atomic E-state index is 0.643. The lowest BCUT2D eigenvalue weighted by Gasteiger charge is -2.29. The molecule has 1 N–H and O–H groups in total. The lowest BCUT2D eigenvalue weighted by atomic mass is 9.90. The third-order valence-electron chi connectivity index (χ3n) is 3.07. The average Bonchev–Trinajstić information content (AvgIpc) is 2.08. The monoisotopic (exact) mass is 191 g/mol. The molecule has 0 radical (unpaired) electrons. The molecular formula is C12H17NO. The highest BCUT2D eigenvalue weighted by Gasteiger charge is 2.22. The van der Waals surface area contributed by atoms with Crippen LogP contribution in [0.4, 0.5) is 0 Å². The third-order valence-corrected chi connectivity index (χ3v) is 3.07. The maximum absolute atomic E-state index is 5.41. The first-order chi connectivity index (χ1) is 6.72. The van der Waals surface area contributed by atoms with E-state index in [-0.39, 0.29) is 0 Å². The molecule has 0 spiro atoms. The van der Waals surface area contributed by atoms with Crippen molar-refractivity contribution in [2.75, 3.05) is 20.2 Å². The quantitative estimate of drug-likeness (QED) is 0.772. The van der Waals surface area contributed by atoms with Crippen molar-refractivity contribution in [3.05, 3.63) is 28.8 Å². The summed E-state index contributed by atoms with van der Waals surface area (Å²) in [5, 5.41) is 3.29. The van der Waals surface area contributed by atoms with E-state index in [1.807, 2.05) is 0 Å². The summed E-state index contributed by atoms with van der Waals surface area (Å²) in [5.74, 6) is 1.68. The van der Waals surface area contributed by atoms with Crippen molar-refractivity contribution in [2.24, 2.45) is 0 Å². The molecule has 2 rings (SSSR count). The summed E-state index contributed by atoms with van der Waals surface area (Å²) in [5.41, 5.74) is 4.01. The summed E-state index contributed by atoms with van der Waals surface area (Å²) >= 11 is 0. The Balaban J connectivity index is 2.40. The fourth-order valence-electron chi connectivity index (χ4n) is 1.82. The van der Waals surface area contributed by atoms with Crippen LogP contribution in [0.25, 0.3) is 0 Å². The van der Waals surface area contributed by atoms with Gasteiger partial charge in [-0.05, 0) is 31.0 Å². The van der Waals surface area contributed by atoms with E-state index in [1.54, 1.807) is 7.11 Å². The van der Waals surface area contributed by atoms with Gasteiger partial charge >= 0.3 is 0 Å². The van der Waals surface area contributed by atoms with Gasteiger partial charge in [0.05, 0.1) is 7.11 Å². The van der Waals surface area contributed by atoms with Gasteiger partial charge in [0.25, 0.3) is 0 Å². The highest BCUT2D eigenvalue weighted by atomic mass is 16.5. The van der Waals surface area contributed by atoms with Crippen LogP contribution in [0.15, 0.2) is 12.1 Å². The lowest BCUT2D eigenvalue weighted by molar-refractivity contribution is 0.385. The van der Waals surface area contributed by atoms with E-state index in [9.17, 15) is 0 Å². The van der Waals surface area contributed by atoms with Crippen molar-refractivity contribution in [3.63, 3.8) is 0 Å². The second-order valence-electron chi connectivity index (χ2n) is 4.03. The summed E-state index contributed by atoms with van der Waals surface area (Å²) < 4.78 is 5.41. The van der Waals surface area contributed by atoms with Crippen molar-refractivity contribution >= 4 is 0 Å². The fourth-order valence-corrected chi connectivity index (χ4v) is 1.82. The SMILES string of the molecule is COc1cc(C)c(C)cc1C1CNC1. The van der Waals surface area contributed by atoms with Gasteiger partial charge in [0.1, 0.15) is 5.75 Å². The number of benzene rings is 1. The molecule has 1 aliphatic heterocycles. The van der Waals surface area contributed by atoms with Crippen molar-refractivity contribution in [1.82, 2.24) is 5.32 Å². The molecule has 1 fully saturated rings. The summed E-state index contributed by atoms with van der Waals surface area (Å²) in [6.45, 7) is 6.45. The zero-order valence-corrected chi connectivity index (χ0v) is 9.05. The van der Waals surface area contributed by atoms with Crippen LogP contribution in [0.2, 0.25) is 0 Å². The molecule has 1 aromatic carbocycles. The van der Waals surface area contributed by atoms with E-state index in [2.05, 4.69) is 31.3 Å². The lowest BCUT2D eigenvalue weighted by Crippen LogP contribution is -2.40. The molecule has 1 saturated heterocycles. The molecule has 0 amide bonds. The molecule has 0 unspecified atom stereocenters. The van der Waals surface area contributed by atoms with Crippen LogP contribution in [0.3, 0.4) is 0 Å². The van der Waals surface area contributed by atoms with Crippen LogP contribution in [-0.4, -0.2) is 20.2 Å². The van der Waals surface area contributed by atoms with E-state index in [4.69, 9.17) is 4.74 Å². The maximum atomic E-state index is 5.41. The van der Waals surface area contributed by atoms with Gasteiger partial charge in [0.2, 0.25) is 0 Å². The van der Waals surface area contributed by atoms with E-state index in [0.717, 1.165) is 18.8 Å². The van der Waals surface area contributed by atoms with Crippen LogP contribution in [-0.2, 0) is 0 Å². The molecule has 14 heavy (non-hydrogen) atoms. The number of methoxy groups -OCH3 is 1. The second-order valence-corrected chi connectivity index (χ2v) is 4.03. The second kappa shape index (κ2) is 3.62. The predicted molar refractivity (Wildman–Crippen MR) is 58.1 cm³/mol. The summed E-state index contributed by atoms with van der Waals surface area (Å²) in [4.78, 5) is 0. The zero-order valence-electron chi connectivity index (χ0n) is 9.05. The van der Waals surface area contributed by atoms with E-state index < -0.39 is 0 Å². The van der Waals surface area contributed by atoms with Crippen LogP contribution >= 0.6 is 0 Å². The largest absolute Gasteiger partial charge is 0.496 e. The van der Waals surface area contributed by atoms with Crippen LogP contribution in [0.1, 0.15) is 22.6 Å². The van der Waals surface area contributed by atoms with Gasteiger partial charge in [-0.1, -0.05) is 6.07 Å². The van der Waals surface area contributed by atoms with Crippen molar-refractivity contribution in [1.29, 1.82) is 0 Å². The number of hydrogen-bond acceptors (Lipinski definition) is 2. The van der Waals surface area contributed by atoms with Crippen LogP contribution in [0.5, 0.6) is 5.75 Å². The van der Waals surface area contributed by atoms with Gasteiger partial charge in [-0.25, -0.2) is 0 Å².